The highest BCUT2D eigenvalue weighted by Crippen LogP contribution is 2.66. The molecule has 0 nitrogen and oxygen atoms in total. The standard InChI is InChI=1S/C51H30/c1-2-13-31(14-3-1)33-27-28-34(36-16-5-4-15-35(33)36)32-25-26-40-39-19-8-10-23-45(39)51(47(40)29-32)46-24-11-9-20-42(46)50-43-22-12-21-41-37-17-6-7-18-38(37)44(49(41)43)30-48(50)51/h1-30H. The third-order valence-corrected chi connectivity index (χ3v) is 12.0. The van der Waals surface area contributed by atoms with Gasteiger partial charge in [-0.3, -0.25) is 0 Å². The van der Waals surface area contributed by atoms with E-state index in [-0.39, 0.29) is 0 Å². The maximum Gasteiger partial charge on any atom is 0.0726 e. The lowest BCUT2D eigenvalue weighted by Gasteiger charge is -2.31. The summed E-state index contributed by atoms with van der Waals surface area (Å²) in [7, 11) is 0. The van der Waals surface area contributed by atoms with Gasteiger partial charge in [0.25, 0.3) is 0 Å². The van der Waals surface area contributed by atoms with Crippen LogP contribution in [-0.4, -0.2) is 0 Å². The Morgan fingerprint density at radius 2 is 0.784 bits per heavy atom. The number of rotatable bonds is 2. The molecule has 0 N–H and O–H groups in total. The molecule has 3 aliphatic carbocycles. The first-order valence-corrected chi connectivity index (χ1v) is 17.9. The van der Waals surface area contributed by atoms with Gasteiger partial charge in [0, 0.05) is 0 Å². The van der Waals surface area contributed by atoms with E-state index in [2.05, 4.69) is 182 Å². The van der Waals surface area contributed by atoms with Gasteiger partial charge in [0.2, 0.25) is 0 Å². The molecule has 0 radical (unpaired) electrons. The summed E-state index contributed by atoms with van der Waals surface area (Å²) in [4.78, 5) is 0. The van der Waals surface area contributed by atoms with Crippen LogP contribution in [0.3, 0.4) is 0 Å². The van der Waals surface area contributed by atoms with E-state index in [4.69, 9.17) is 0 Å². The molecule has 1 unspecified atom stereocenters. The van der Waals surface area contributed by atoms with Crippen molar-refractivity contribution in [3.05, 3.63) is 204 Å². The molecule has 1 spiro atoms. The van der Waals surface area contributed by atoms with Gasteiger partial charge in [-0.2, -0.15) is 0 Å². The van der Waals surface area contributed by atoms with Crippen molar-refractivity contribution >= 4 is 21.5 Å². The summed E-state index contributed by atoms with van der Waals surface area (Å²) in [5.74, 6) is 0. The zero-order valence-electron chi connectivity index (χ0n) is 27.8. The molecule has 12 rings (SSSR count). The predicted molar refractivity (Wildman–Crippen MR) is 213 cm³/mol. The molecule has 0 fully saturated rings. The Bertz CT molecular complexity index is 2960. The lowest BCUT2D eigenvalue weighted by Crippen LogP contribution is -2.26. The van der Waals surface area contributed by atoms with Crippen LogP contribution >= 0.6 is 0 Å². The van der Waals surface area contributed by atoms with E-state index in [0.717, 1.165) is 0 Å². The van der Waals surface area contributed by atoms with E-state index >= 15 is 0 Å². The molecule has 0 saturated carbocycles. The predicted octanol–water partition coefficient (Wildman–Crippen LogP) is 13.3. The van der Waals surface area contributed by atoms with Gasteiger partial charge >= 0.3 is 0 Å². The van der Waals surface area contributed by atoms with Crippen molar-refractivity contribution in [1.29, 1.82) is 0 Å². The van der Waals surface area contributed by atoms with Crippen LogP contribution in [-0.2, 0) is 5.41 Å². The summed E-state index contributed by atoms with van der Waals surface area (Å²) in [6.45, 7) is 0. The number of benzene rings is 9. The molecular formula is C51H30. The van der Waals surface area contributed by atoms with Crippen molar-refractivity contribution in [1.82, 2.24) is 0 Å². The van der Waals surface area contributed by atoms with Gasteiger partial charge in [0.1, 0.15) is 0 Å². The van der Waals surface area contributed by atoms with E-state index < -0.39 is 5.41 Å². The first-order chi connectivity index (χ1) is 25.3. The minimum Gasteiger partial charge on any atom is -0.0622 e. The van der Waals surface area contributed by atoms with Gasteiger partial charge in [-0.15, -0.1) is 0 Å². The fourth-order valence-electron chi connectivity index (χ4n) is 10.1. The van der Waals surface area contributed by atoms with Crippen LogP contribution in [0.1, 0.15) is 22.3 Å². The quantitative estimate of drug-likeness (QED) is 0.176. The second kappa shape index (κ2) is 9.81. The van der Waals surface area contributed by atoms with Crippen LogP contribution in [0.4, 0.5) is 0 Å². The number of hydrogen-bond donors (Lipinski definition) is 0. The third-order valence-electron chi connectivity index (χ3n) is 12.0. The van der Waals surface area contributed by atoms with Crippen molar-refractivity contribution in [2.75, 3.05) is 0 Å². The largest absolute Gasteiger partial charge is 0.0726 e. The van der Waals surface area contributed by atoms with Gasteiger partial charge in [-0.1, -0.05) is 170 Å². The average Bonchev–Trinajstić information content (AvgIpc) is 3.80. The fraction of sp³-hybridized carbons (Fsp3) is 0.0196. The molecule has 0 aliphatic heterocycles. The van der Waals surface area contributed by atoms with E-state index in [1.54, 1.807) is 0 Å². The topological polar surface area (TPSA) is 0 Å². The summed E-state index contributed by atoms with van der Waals surface area (Å²) in [6.07, 6.45) is 0. The Kier molecular flexibility index (Phi) is 5.26. The molecule has 0 bridgehead atoms. The molecule has 9 aromatic rings. The summed E-state index contributed by atoms with van der Waals surface area (Å²) in [5.41, 5.74) is 20.9. The summed E-state index contributed by atoms with van der Waals surface area (Å²) in [6, 6.07) is 68.4. The van der Waals surface area contributed by atoms with E-state index in [1.807, 2.05) is 0 Å². The van der Waals surface area contributed by atoms with E-state index in [1.165, 1.54) is 111 Å². The minimum atomic E-state index is -0.439. The summed E-state index contributed by atoms with van der Waals surface area (Å²) < 4.78 is 0. The van der Waals surface area contributed by atoms with Crippen molar-refractivity contribution in [3.8, 4) is 66.8 Å². The molecule has 0 heteroatoms. The maximum absolute atomic E-state index is 2.57. The summed E-state index contributed by atoms with van der Waals surface area (Å²) in [5, 5.41) is 5.29. The number of fused-ring (bicyclic) bond motifs is 15. The zero-order chi connectivity index (χ0) is 33.3. The molecule has 0 saturated heterocycles. The van der Waals surface area contributed by atoms with Crippen LogP contribution in [0.25, 0.3) is 88.3 Å². The molecule has 234 valence electrons. The smallest absolute Gasteiger partial charge is 0.0622 e. The Labute approximate surface area is 296 Å². The van der Waals surface area contributed by atoms with E-state index in [0.29, 0.717) is 0 Å². The van der Waals surface area contributed by atoms with Crippen molar-refractivity contribution in [2.45, 2.75) is 5.41 Å². The van der Waals surface area contributed by atoms with Crippen LogP contribution in [0.15, 0.2) is 182 Å². The Morgan fingerprint density at radius 1 is 0.255 bits per heavy atom. The van der Waals surface area contributed by atoms with Crippen LogP contribution in [0, 0.1) is 0 Å². The second-order valence-electron chi connectivity index (χ2n) is 14.3. The van der Waals surface area contributed by atoms with Gasteiger partial charge in [-0.25, -0.2) is 0 Å². The molecular weight excluding hydrogens is 613 g/mol. The van der Waals surface area contributed by atoms with Gasteiger partial charge in [-0.05, 0) is 123 Å². The summed E-state index contributed by atoms with van der Waals surface area (Å²) >= 11 is 0. The van der Waals surface area contributed by atoms with Crippen molar-refractivity contribution < 1.29 is 0 Å². The minimum absolute atomic E-state index is 0.439. The fourth-order valence-corrected chi connectivity index (χ4v) is 10.1. The number of hydrogen-bond acceptors (Lipinski definition) is 0. The highest BCUT2D eigenvalue weighted by Gasteiger charge is 2.52. The zero-order valence-corrected chi connectivity index (χ0v) is 27.8. The van der Waals surface area contributed by atoms with Crippen LogP contribution < -0.4 is 0 Å². The lowest BCUT2D eigenvalue weighted by atomic mass is 9.69. The first kappa shape index (κ1) is 27.3. The molecule has 0 aromatic heterocycles. The van der Waals surface area contributed by atoms with Crippen LogP contribution in [0.5, 0.6) is 0 Å². The SMILES string of the molecule is c1ccc(-c2ccc(-c3ccc4c(c3)C3(c5ccccc5-4)c4ccccc4-c4c3cc3c5c(cccc45)-c4ccccc4-3)c3ccccc23)cc1. The molecule has 1 atom stereocenters. The molecule has 0 heterocycles. The second-order valence-corrected chi connectivity index (χ2v) is 14.3. The normalized spacial score (nSPS) is 15.5. The van der Waals surface area contributed by atoms with Crippen LogP contribution in [0.2, 0.25) is 0 Å². The Hall–Kier alpha value is -6.50. The Morgan fingerprint density at radius 3 is 1.55 bits per heavy atom. The molecule has 51 heavy (non-hydrogen) atoms. The van der Waals surface area contributed by atoms with Gasteiger partial charge < -0.3 is 0 Å². The highest BCUT2D eigenvalue weighted by atomic mass is 14.5. The highest BCUT2D eigenvalue weighted by molar-refractivity contribution is 6.21. The Balaban J connectivity index is 1.18. The maximum atomic E-state index is 2.57. The molecule has 3 aliphatic rings. The first-order valence-electron chi connectivity index (χ1n) is 17.9. The molecule has 0 amide bonds. The van der Waals surface area contributed by atoms with Crippen molar-refractivity contribution in [3.63, 3.8) is 0 Å². The monoisotopic (exact) mass is 642 g/mol. The van der Waals surface area contributed by atoms with Gasteiger partial charge in [0.05, 0.1) is 5.41 Å². The average molecular weight is 643 g/mol. The third kappa shape index (κ3) is 3.35. The lowest BCUT2D eigenvalue weighted by molar-refractivity contribution is 0.795. The van der Waals surface area contributed by atoms with Gasteiger partial charge in [0.15, 0.2) is 0 Å². The van der Waals surface area contributed by atoms with E-state index in [9.17, 15) is 0 Å². The molecule has 9 aromatic carbocycles. The van der Waals surface area contributed by atoms with Crippen molar-refractivity contribution in [2.24, 2.45) is 0 Å².